The van der Waals surface area contributed by atoms with Crippen LogP contribution in [0.4, 0.5) is 11.4 Å². The molecule has 1 heterocycles. The molecule has 0 aliphatic rings. The monoisotopic (exact) mass is 420 g/mol. The van der Waals surface area contributed by atoms with Gasteiger partial charge in [0.2, 0.25) is 0 Å². The standard InChI is InChI=1S/C19H19N3O2S2.ClH/c1-22(2)17-12-10-16(11-13-17)20-19(15-7-4-3-5-8-15)21-26(23,24)18-9-6-14-25-18;/h3-14H,1-2H3,(H,20,21);1H/p-1. The lowest BCUT2D eigenvalue weighted by atomic mass is 10.2. The van der Waals surface area contributed by atoms with Gasteiger partial charge in [-0.2, -0.15) is 8.42 Å². The first-order chi connectivity index (χ1) is 12.5. The molecule has 0 aliphatic heterocycles. The van der Waals surface area contributed by atoms with Crippen molar-refractivity contribution in [1.82, 2.24) is 0 Å². The molecule has 0 unspecified atom stereocenters. The molecule has 0 atom stereocenters. The lowest BCUT2D eigenvalue weighted by molar-refractivity contribution is -0.00000771. The van der Waals surface area contributed by atoms with Crippen molar-refractivity contribution >= 4 is 38.6 Å². The SMILES string of the molecule is CN(C)c1ccc(NC(=NS(=O)(=O)c2cccs2)c2ccccc2)cc1.[Cl-]. The third-order valence-corrected chi connectivity index (χ3v) is 6.30. The largest absolute Gasteiger partial charge is 1.00 e. The van der Waals surface area contributed by atoms with Crippen molar-refractivity contribution in [2.24, 2.45) is 4.40 Å². The molecule has 3 rings (SSSR count). The van der Waals surface area contributed by atoms with Crippen molar-refractivity contribution in [2.75, 3.05) is 24.3 Å². The zero-order valence-corrected chi connectivity index (χ0v) is 17.2. The molecule has 2 aromatic carbocycles. The zero-order valence-electron chi connectivity index (χ0n) is 14.8. The fourth-order valence-electron chi connectivity index (χ4n) is 2.30. The molecule has 3 aromatic rings. The van der Waals surface area contributed by atoms with Crippen molar-refractivity contribution in [3.63, 3.8) is 0 Å². The van der Waals surface area contributed by atoms with E-state index in [0.717, 1.165) is 22.7 Å². The minimum Gasteiger partial charge on any atom is -1.00 e. The zero-order chi connectivity index (χ0) is 18.6. The summed E-state index contributed by atoms with van der Waals surface area (Å²) in [5, 5.41) is 4.86. The van der Waals surface area contributed by atoms with Crippen LogP contribution >= 0.6 is 11.3 Å². The predicted octanol–water partition coefficient (Wildman–Crippen LogP) is 1.07. The highest BCUT2D eigenvalue weighted by Crippen LogP contribution is 2.21. The molecule has 1 N–H and O–H groups in total. The third kappa shape index (κ3) is 5.32. The van der Waals surface area contributed by atoms with Gasteiger partial charge in [0.25, 0.3) is 10.0 Å². The Kier molecular flexibility index (Phi) is 7.01. The molecule has 142 valence electrons. The number of benzene rings is 2. The Hall–Kier alpha value is -2.35. The maximum absolute atomic E-state index is 12.6. The molecule has 1 aromatic heterocycles. The van der Waals surface area contributed by atoms with Crippen LogP contribution in [0.5, 0.6) is 0 Å². The number of amidine groups is 1. The van der Waals surface area contributed by atoms with Gasteiger partial charge in [0, 0.05) is 31.0 Å². The van der Waals surface area contributed by atoms with Crippen LogP contribution in [0.25, 0.3) is 0 Å². The van der Waals surface area contributed by atoms with E-state index in [4.69, 9.17) is 0 Å². The van der Waals surface area contributed by atoms with Gasteiger partial charge in [-0.3, -0.25) is 0 Å². The summed E-state index contributed by atoms with van der Waals surface area (Å²) in [6.07, 6.45) is 0. The van der Waals surface area contributed by atoms with E-state index >= 15 is 0 Å². The number of sulfonamides is 1. The Morgan fingerprint density at radius 3 is 2.19 bits per heavy atom. The van der Waals surface area contributed by atoms with E-state index in [1.54, 1.807) is 17.5 Å². The van der Waals surface area contributed by atoms with Crippen LogP contribution in [0, 0.1) is 0 Å². The van der Waals surface area contributed by atoms with Crippen molar-refractivity contribution < 1.29 is 20.8 Å². The van der Waals surface area contributed by atoms with E-state index < -0.39 is 10.0 Å². The van der Waals surface area contributed by atoms with E-state index in [0.29, 0.717) is 5.56 Å². The van der Waals surface area contributed by atoms with Gasteiger partial charge in [-0.15, -0.1) is 15.7 Å². The quantitative estimate of drug-likeness (QED) is 0.495. The van der Waals surface area contributed by atoms with Crippen molar-refractivity contribution in [1.29, 1.82) is 0 Å². The summed E-state index contributed by atoms with van der Waals surface area (Å²) < 4.78 is 29.4. The Morgan fingerprint density at radius 1 is 0.963 bits per heavy atom. The summed E-state index contributed by atoms with van der Waals surface area (Å²) in [5.41, 5.74) is 2.52. The molecule has 0 spiro atoms. The second-order valence-corrected chi connectivity index (χ2v) is 8.56. The highest BCUT2D eigenvalue weighted by atomic mass is 35.5. The molecule has 0 saturated heterocycles. The van der Waals surface area contributed by atoms with Crippen molar-refractivity contribution in [2.45, 2.75) is 4.21 Å². The van der Waals surface area contributed by atoms with Gasteiger partial charge in [0.05, 0.1) is 0 Å². The normalized spacial score (nSPS) is 11.6. The number of halogens is 1. The van der Waals surface area contributed by atoms with E-state index in [-0.39, 0.29) is 22.5 Å². The summed E-state index contributed by atoms with van der Waals surface area (Å²) in [4.78, 5) is 2.00. The van der Waals surface area contributed by atoms with Gasteiger partial charge in [-0.05, 0) is 35.7 Å². The van der Waals surface area contributed by atoms with Gasteiger partial charge in [-0.1, -0.05) is 36.4 Å². The van der Waals surface area contributed by atoms with Crippen molar-refractivity contribution in [3.05, 3.63) is 77.7 Å². The van der Waals surface area contributed by atoms with Gasteiger partial charge < -0.3 is 22.6 Å². The van der Waals surface area contributed by atoms with Crippen LogP contribution in [0.3, 0.4) is 0 Å². The van der Waals surface area contributed by atoms with Gasteiger partial charge in [0.15, 0.2) is 5.84 Å². The summed E-state index contributed by atoms with van der Waals surface area (Å²) in [7, 11) is 0.160. The Balaban J connectivity index is 0.00000261. The van der Waals surface area contributed by atoms with Crippen LogP contribution in [0.2, 0.25) is 0 Å². The molecule has 0 radical (unpaired) electrons. The highest BCUT2D eigenvalue weighted by Gasteiger charge is 2.16. The Labute approximate surface area is 169 Å². The first-order valence-corrected chi connectivity index (χ1v) is 10.3. The maximum Gasteiger partial charge on any atom is 0.293 e. The molecule has 0 amide bonds. The number of nitrogens with zero attached hydrogens (tertiary/aromatic N) is 2. The summed E-state index contributed by atoms with van der Waals surface area (Å²) >= 11 is 1.15. The van der Waals surface area contributed by atoms with E-state index in [1.807, 2.05) is 73.6 Å². The Bertz CT molecular complexity index is 985. The van der Waals surface area contributed by atoms with Gasteiger partial charge in [0.1, 0.15) is 4.21 Å². The second-order valence-electron chi connectivity index (χ2n) is 5.78. The fraction of sp³-hybridized carbons (Fsp3) is 0.105. The summed E-state index contributed by atoms with van der Waals surface area (Å²) in [5.74, 6) is 0.289. The smallest absolute Gasteiger partial charge is 0.293 e. The average Bonchev–Trinajstić information content (AvgIpc) is 3.18. The minimum atomic E-state index is -3.77. The molecule has 0 fully saturated rings. The summed E-state index contributed by atoms with van der Waals surface area (Å²) in [6.45, 7) is 0. The third-order valence-electron chi connectivity index (χ3n) is 3.65. The topological polar surface area (TPSA) is 61.8 Å². The number of hydrogen-bond acceptors (Lipinski definition) is 4. The van der Waals surface area contributed by atoms with Gasteiger partial charge in [-0.25, -0.2) is 0 Å². The fourth-order valence-corrected chi connectivity index (χ4v) is 4.24. The highest BCUT2D eigenvalue weighted by molar-refractivity contribution is 7.92. The molecule has 27 heavy (non-hydrogen) atoms. The van der Waals surface area contributed by atoms with Crippen LogP contribution < -0.4 is 22.6 Å². The van der Waals surface area contributed by atoms with E-state index in [2.05, 4.69) is 9.71 Å². The van der Waals surface area contributed by atoms with Crippen molar-refractivity contribution in [3.8, 4) is 0 Å². The number of anilines is 2. The molecular formula is C19H19ClN3O2S2-. The molecular weight excluding hydrogens is 402 g/mol. The number of rotatable bonds is 5. The second kappa shape index (κ2) is 9.03. The van der Waals surface area contributed by atoms with Crippen LogP contribution in [-0.2, 0) is 10.0 Å². The maximum atomic E-state index is 12.6. The van der Waals surface area contributed by atoms with Gasteiger partial charge >= 0.3 is 0 Å². The first kappa shape index (κ1) is 21.0. The van der Waals surface area contributed by atoms with Crippen LogP contribution in [0.1, 0.15) is 5.56 Å². The molecule has 0 aliphatic carbocycles. The van der Waals surface area contributed by atoms with Crippen LogP contribution in [-0.4, -0.2) is 28.3 Å². The minimum absolute atomic E-state index is 0. The average molecular weight is 421 g/mol. The lowest BCUT2D eigenvalue weighted by Gasteiger charge is -2.14. The van der Waals surface area contributed by atoms with Crippen LogP contribution in [0.15, 0.2) is 80.7 Å². The molecule has 8 heteroatoms. The van der Waals surface area contributed by atoms with E-state index in [9.17, 15) is 8.42 Å². The van der Waals surface area contributed by atoms with E-state index in [1.165, 1.54) is 0 Å². The number of nitrogens with one attached hydrogen (secondary N) is 1. The predicted molar refractivity (Wildman–Crippen MR) is 109 cm³/mol. The Morgan fingerprint density at radius 2 is 1.63 bits per heavy atom. The molecule has 0 bridgehead atoms. The number of hydrogen-bond donors (Lipinski definition) is 1. The number of thiophene rings is 1. The first-order valence-electron chi connectivity index (χ1n) is 7.94. The molecule has 5 nitrogen and oxygen atoms in total. The summed E-state index contributed by atoms with van der Waals surface area (Å²) in [6, 6.07) is 20.2. The molecule has 0 saturated carbocycles. The lowest BCUT2D eigenvalue weighted by Crippen LogP contribution is -3.00.